The topological polar surface area (TPSA) is 73.5 Å². The van der Waals surface area contributed by atoms with Crippen molar-refractivity contribution in [1.29, 1.82) is 0 Å². The molecular formula is C25H23BrCl2N4O2S. The maximum absolute atomic E-state index is 13.1. The van der Waals surface area contributed by atoms with Gasteiger partial charge in [0.15, 0.2) is 5.11 Å². The van der Waals surface area contributed by atoms with Gasteiger partial charge in [0, 0.05) is 27.8 Å². The molecule has 0 saturated heterocycles. The number of rotatable bonds is 7. The van der Waals surface area contributed by atoms with Crippen molar-refractivity contribution in [3.8, 4) is 0 Å². The van der Waals surface area contributed by atoms with Gasteiger partial charge in [-0.1, -0.05) is 70.7 Å². The minimum atomic E-state index is -0.431. The summed E-state index contributed by atoms with van der Waals surface area (Å²) in [5, 5.41) is 3.87. The standard InChI is InChI=1S/C25H23BrCl2N4O2S/c1-2-3-9-23(33)32(19-7-5-4-6-8-19)20-13-16(12-17(26)14-20)24(34)30-31-25(35)29-18-10-11-21(27)22(28)15-18/h4-8,10-15H,2-3,9H2,1H3,(H,30,34)(H2,29,31,35). The van der Waals surface area contributed by atoms with Gasteiger partial charge < -0.3 is 5.32 Å². The highest BCUT2D eigenvalue weighted by Crippen LogP contribution is 2.30. The maximum Gasteiger partial charge on any atom is 0.269 e. The van der Waals surface area contributed by atoms with Crippen LogP contribution in [0.4, 0.5) is 17.1 Å². The Bertz CT molecular complexity index is 1230. The number of benzene rings is 3. The van der Waals surface area contributed by atoms with Gasteiger partial charge in [0.05, 0.1) is 15.7 Å². The van der Waals surface area contributed by atoms with Gasteiger partial charge in [-0.25, -0.2) is 0 Å². The summed E-state index contributed by atoms with van der Waals surface area (Å²) in [4.78, 5) is 27.6. The molecule has 0 aromatic heterocycles. The van der Waals surface area contributed by atoms with Crippen molar-refractivity contribution in [3.05, 3.63) is 86.8 Å². The molecule has 6 nitrogen and oxygen atoms in total. The quantitative estimate of drug-likeness (QED) is 0.199. The van der Waals surface area contributed by atoms with Gasteiger partial charge in [0.25, 0.3) is 5.91 Å². The highest BCUT2D eigenvalue weighted by Gasteiger charge is 2.20. The molecule has 182 valence electrons. The molecule has 0 aliphatic rings. The van der Waals surface area contributed by atoms with Crippen molar-refractivity contribution in [1.82, 2.24) is 10.9 Å². The lowest BCUT2D eigenvalue weighted by atomic mass is 10.1. The Kier molecular flexibility index (Phi) is 9.92. The first-order chi connectivity index (χ1) is 16.8. The van der Waals surface area contributed by atoms with E-state index >= 15 is 0 Å². The Morgan fingerprint density at radius 1 is 0.943 bits per heavy atom. The average molecular weight is 594 g/mol. The molecular weight excluding hydrogens is 571 g/mol. The number of nitrogens with one attached hydrogen (secondary N) is 3. The average Bonchev–Trinajstić information content (AvgIpc) is 2.84. The van der Waals surface area contributed by atoms with Crippen molar-refractivity contribution in [2.24, 2.45) is 0 Å². The van der Waals surface area contributed by atoms with Crippen molar-refractivity contribution >= 4 is 85.3 Å². The largest absolute Gasteiger partial charge is 0.331 e. The third-order valence-electron chi connectivity index (χ3n) is 4.88. The number of anilines is 3. The predicted octanol–water partition coefficient (Wildman–Crippen LogP) is 7.24. The van der Waals surface area contributed by atoms with E-state index < -0.39 is 5.91 Å². The van der Waals surface area contributed by atoms with Gasteiger partial charge in [-0.3, -0.25) is 25.3 Å². The van der Waals surface area contributed by atoms with Crippen LogP contribution in [0.1, 0.15) is 36.5 Å². The number of hydrazine groups is 1. The van der Waals surface area contributed by atoms with Crippen LogP contribution < -0.4 is 21.1 Å². The van der Waals surface area contributed by atoms with Gasteiger partial charge in [-0.15, -0.1) is 0 Å². The number of carbonyl (C=O) groups is 2. The monoisotopic (exact) mass is 592 g/mol. The SMILES string of the molecule is CCCCC(=O)N(c1ccccc1)c1cc(Br)cc(C(=O)NNC(=S)Nc2ccc(Cl)c(Cl)c2)c1. The highest BCUT2D eigenvalue weighted by atomic mass is 79.9. The number of unbranched alkanes of at least 4 members (excludes halogenated alkanes) is 1. The number of para-hydroxylation sites is 1. The van der Waals surface area contributed by atoms with Crippen molar-refractivity contribution in [2.75, 3.05) is 10.2 Å². The Morgan fingerprint density at radius 3 is 2.37 bits per heavy atom. The van der Waals surface area contributed by atoms with Crippen LogP contribution in [0.25, 0.3) is 0 Å². The lowest BCUT2D eigenvalue weighted by Gasteiger charge is -2.24. The van der Waals surface area contributed by atoms with Crippen molar-refractivity contribution < 1.29 is 9.59 Å². The minimum absolute atomic E-state index is 0.0485. The summed E-state index contributed by atoms with van der Waals surface area (Å²) in [5.74, 6) is -0.479. The maximum atomic E-state index is 13.1. The molecule has 0 heterocycles. The molecule has 0 atom stereocenters. The minimum Gasteiger partial charge on any atom is -0.331 e. The van der Waals surface area contributed by atoms with Crippen LogP contribution in [-0.2, 0) is 4.79 Å². The normalized spacial score (nSPS) is 10.4. The number of carbonyl (C=O) groups excluding carboxylic acids is 2. The first kappa shape index (κ1) is 26.9. The molecule has 0 bridgehead atoms. The molecule has 0 aliphatic carbocycles. The molecule has 0 fully saturated rings. The zero-order chi connectivity index (χ0) is 25.4. The number of halogens is 3. The molecule has 2 amide bonds. The van der Waals surface area contributed by atoms with E-state index in [1.807, 2.05) is 37.3 Å². The van der Waals surface area contributed by atoms with Crippen LogP contribution in [-0.4, -0.2) is 16.9 Å². The first-order valence-electron chi connectivity index (χ1n) is 10.8. The second kappa shape index (κ2) is 12.9. The van der Waals surface area contributed by atoms with E-state index in [1.54, 1.807) is 41.3 Å². The molecule has 35 heavy (non-hydrogen) atoms. The lowest BCUT2D eigenvalue weighted by molar-refractivity contribution is -0.118. The molecule has 0 aliphatic heterocycles. The van der Waals surface area contributed by atoms with E-state index in [2.05, 4.69) is 32.1 Å². The predicted molar refractivity (Wildman–Crippen MR) is 151 cm³/mol. The van der Waals surface area contributed by atoms with E-state index in [4.69, 9.17) is 35.4 Å². The van der Waals surface area contributed by atoms with Gasteiger partial charge in [-0.05, 0) is 67.2 Å². The molecule has 3 aromatic rings. The van der Waals surface area contributed by atoms with Gasteiger partial charge in [-0.2, -0.15) is 0 Å². The van der Waals surface area contributed by atoms with Crippen LogP contribution >= 0.6 is 51.3 Å². The Balaban J connectivity index is 1.76. The van der Waals surface area contributed by atoms with Crippen LogP contribution in [0.3, 0.4) is 0 Å². The van der Waals surface area contributed by atoms with Gasteiger partial charge >= 0.3 is 0 Å². The fraction of sp³-hybridized carbons (Fsp3) is 0.160. The molecule has 3 aromatic carbocycles. The third-order valence-corrected chi connectivity index (χ3v) is 6.28. The number of thiocarbonyl (C=S) groups is 1. The summed E-state index contributed by atoms with van der Waals surface area (Å²) in [7, 11) is 0. The summed E-state index contributed by atoms with van der Waals surface area (Å²) in [6.07, 6.45) is 2.08. The van der Waals surface area contributed by atoms with Crippen LogP contribution in [0.15, 0.2) is 71.2 Å². The van der Waals surface area contributed by atoms with E-state index in [9.17, 15) is 9.59 Å². The number of amides is 2. The zero-order valence-electron chi connectivity index (χ0n) is 18.8. The number of nitrogens with zero attached hydrogens (tertiary/aromatic N) is 1. The van der Waals surface area contributed by atoms with E-state index in [-0.39, 0.29) is 11.0 Å². The Morgan fingerprint density at radius 2 is 1.69 bits per heavy atom. The Hall–Kier alpha value is -2.65. The summed E-state index contributed by atoms with van der Waals surface area (Å²) in [5.41, 5.74) is 7.48. The third kappa shape index (κ3) is 7.67. The summed E-state index contributed by atoms with van der Waals surface area (Å²) in [6, 6.07) is 19.4. The van der Waals surface area contributed by atoms with Crippen LogP contribution in [0.2, 0.25) is 10.0 Å². The second-order valence-corrected chi connectivity index (χ2v) is 9.67. The summed E-state index contributed by atoms with van der Waals surface area (Å²) >= 11 is 20.6. The second-order valence-electron chi connectivity index (χ2n) is 7.53. The van der Waals surface area contributed by atoms with Crippen LogP contribution in [0.5, 0.6) is 0 Å². The summed E-state index contributed by atoms with van der Waals surface area (Å²) < 4.78 is 0.654. The molecule has 0 saturated carbocycles. The molecule has 0 unspecified atom stereocenters. The molecule has 3 N–H and O–H groups in total. The molecule has 10 heteroatoms. The Labute approximate surface area is 228 Å². The summed E-state index contributed by atoms with van der Waals surface area (Å²) in [6.45, 7) is 2.04. The number of hydrogen-bond donors (Lipinski definition) is 3. The smallest absolute Gasteiger partial charge is 0.269 e. The van der Waals surface area contributed by atoms with Gasteiger partial charge in [0.2, 0.25) is 5.91 Å². The van der Waals surface area contributed by atoms with E-state index in [0.29, 0.717) is 37.9 Å². The lowest BCUT2D eigenvalue weighted by Crippen LogP contribution is -2.43. The molecule has 0 spiro atoms. The number of hydrogen-bond acceptors (Lipinski definition) is 3. The fourth-order valence-corrected chi connectivity index (χ4v) is 4.16. The van der Waals surface area contributed by atoms with Crippen molar-refractivity contribution in [3.63, 3.8) is 0 Å². The van der Waals surface area contributed by atoms with Crippen LogP contribution in [0, 0.1) is 0 Å². The van der Waals surface area contributed by atoms with Crippen molar-refractivity contribution in [2.45, 2.75) is 26.2 Å². The van der Waals surface area contributed by atoms with E-state index in [1.165, 1.54) is 0 Å². The van der Waals surface area contributed by atoms with E-state index in [0.717, 1.165) is 18.5 Å². The first-order valence-corrected chi connectivity index (χ1v) is 12.7. The molecule has 0 radical (unpaired) electrons. The highest BCUT2D eigenvalue weighted by molar-refractivity contribution is 9.10. The fourth-order valence-electron chi connectivity index (χ4n) is 3.21. The molecule has 3 rings (SSSR count). The zero-order valence-corrected chi connectivity index (χ0v) is 22.7. The van der Waals surface area contributed by atoms with Gasteiger partial charge in [0.1, 0.15) is 0 Å².